The molecule has 1 aromatic heterocycles. The van der Waals surface area contributed by atoms with Crippen molar-refractivity contribution >= 4 is 5.95 Å². The van der Waals surface area contributed by atoms with Crippen molar-refractivity contribution in [3.63, 3.8) is 0 Å². The predicted molar refractivity (Wildman–Crippen MR) is 56.6 cm³/mol. The number of anilines is 1. The SMILES string of the molecule is Cn1nnnc1NC1C(N)C2CCCOC21. The number of ether oxygens (including phenoxy) is 1. The molecule has 16 heavy (non-hydrogen) atoms. The number of hydrogen-bond acceptors (Lipinski definition) is 6. The second-order valence-electron chi connectivity index (χ2n) is 4.52. The van der Waals surface area contributed by atoms with Gasteiger partial charge in [-0.05, 0) is 23.3 Å². The summed E-state index contributed by atoms with van der Waals surface area (Å²) in [4.78, 5) is 0. The summed E-state index contributed by atoms with van der Waals surface area (Å²) in [5, 5.41) is 14.5. The van der Waals surface area contributed by atoms with E-state index >= 15 is 0 Å². The van der Waals surface area contributed by atoms with Crippen molar-refractivity contribution in [3.8, 4) is 0 Å². The lowest BCUT2D eigenvalue weighted by Gasteiger charge is -2.52. The van der Waals surface area contributed by atoms with Crippen LogP contribution in [0.3, 0.4) is 0 Å². The Morgan fingerprint density at radius 1 is 1.56 bits per heavy atom. The van der Waals surface area contributed by atoms with Gasteiger partial charge in [0, 0.05) is 25.6 Å². The fourth-order valence-electron chi connectivity index (χ4n) is 2.63. The average Bonchev–Trinajstić information content (AvgIpc) is 2.71. The van der Waals surface area contributed by atoms with Crippen molar-refractivity contribution < 1.29 is 4.74 Å². The fraction of sp³-hybridized carbons (Fsp3) is 0.889. The minimum absolute atomic E-state index is 0.134. The Balaban J connectivity index is 1.70. The van der Waals surface area contributed by atoms with Gasteiger partial charge in [0.25, 0.3) is 0 Å². The van der Waals surface area contributed by atoms with Gasteiger partial charge in [-0.15, -0.1) is 0 Å². The maximum Gasteiger partial charge on any atom is 0.243 e. The van der Waals surface area contributed by atoms with Gasteiger partial charge in [0.15, 0.2) is 0 Å². The van der Waals surface area contributed by atoms with Crippen LogP contribution in [0.4, 0.5) is 5.95 Å². The number of hydrogen-bond donors (Lipinski definition) is 2. The number of tetrazole rings is 1. The van der Waals surface area contributed by atoms with E-state index in [9.17, 15) is 0 Å². The molecular formula is C9H16N6O. The van der Waals surface area contributed by atoms with E-state index in [4.69, 9.17) is 10.5 Å². The van der Waals surface area contributed by atoms with Crippen LogP contribution in [0.25, 0.3) is 0 Å². The quantitative estimate of drug-likeness (QED) is 0.678. The van der Waals surface area contributed by atoms with Crippen LogP contribution in [0.15, 0.2) is 0 Å². The number of aromatic nitrogens is 4. The van der Waals surface area contributed by atoms with Crippen LogP contribution < -0.4 is 11.1 Å². The average molecular weight is 224 g/mol. The van der Waals surface area contributed by atoms with Gasteiger partial charge in [0.1, 0.15) is 0 Å². The molecule has 2 fully saturated rings. The summed E-state index contributed by atoms with van der Waals surface area (Å²) < 4.78 is 7.33. The van der Waals surface area contributed by atoms with Crippen LogP contribution in [-0.4, -0.2) is 45.0 Å². The molecule has 0 bridgehead atoms. The summed E-state index contributed by atoms with van der Waals surface area (Å²) in [5.41, 5.74) is 6.12. The number of nitrogens with zero attached hydrogens (tertiary/aromatic N) is 4. The molecule has 4 atom stereocenters. The van der Waals surface area contributed by atoms with Crippen LogP contribution in [0.5, 0.6) is 0 Å². The molecular weight excluding hydrogens is 208 g/mol. The molecule has 7 heteroatoms. The van der Waals surface area contributed by atoms with E-state index in [1.807, 2.05) is 0 Å². The van der Waals surface area contributed by atoms with Gasteiger partial charge < -0.3 is 15.8 Å². The zero-order chi connectivity index (χ0) is 11.1. The van der Waals surface area contributed by atoms with E-state index in [-0.39, 0.29) is 18.2 Å². The van der Waals surface area contributed by atoms with Crippen molar-refractivity contribution in [1.82, 2.24) is 20.2 Å². The molecule has 1 aliphatic carbocycles. The summed E-state index contributed by atoms with van der Waals surface area (Å²) in [6.07, 6.45) is 2.51. The number of aryl methyl sites for hydroxylation is 1. The van der Waals surface area contributed by atoms with Crippen LogP contribution in [0.2, 0.25) is 0 Å². The van der Waals surface area contributed by atoms with Gasteiger partial charge in [-0.25, -0.2) is 4.68 Å². The predicted octanol–water partition coefficient (Wildman–Crippen LogP) is -0.873. The summed E-state index contributed by atoms with van der Waals surface area (Å²) in [6.45, 7) is 0.836. The first-order valence-electron chi connectivity index (χ1n) is 5.63. The minimum atomic E-state index is 0.134. The molecule has 1 aromatic rings. The molecule has 4 unspecified atom stereocenters. The largest absolute Gasteiger partial charge is 0.376 e. The first-order chi connectivity index (χ1) is 7.77. The lowest BCUT2D eigenvalue weighted by molar-refractivity contribution is -0.104. The smallest absolute Gasteiger partial charge is 0.243 e. The van der Waals surface area contributed by atoms with Gasteiger partial charge >= 0.3 is 0 Å². The van der Waals surface area contributed by atoms with Crippen molar-refractivity contribution in [1.29, 1.82) is 0 Å². The normalized spacial score (nSPS) is 37.6. The van der Waals surface area contributed by atoms with E-state index in [1.54, 1.807) is 11.7 Å². The molecule has 3 N–H and O–H groups in total. The van der Waals surface area contributed by atoms with E-state index in [2.05, 4.69) is 20.8 Å². The van der Waals surface area contributed by atoms with Crippen LogP contribution in [0, 0.1) is 5.92 Å². The second-order valence-corrected chi connectivity index (χ2v) is 4.52. The van der Waals surface area contributed by atoms with Crippen LogP contribution >= 0.6 is 0 Å². The lowest BCUT2D eigenvalue weighted by atomic mass is 9.69. The van der Waals surface area contributed by atoms with E-state index in [0.717, 1.165) is 13.0 Å². The van der Waals surface area contributed by atoms with Gasteiger partial charge in [-0.3, -0.25) is 0 Å². The monoisotopic (exact) mass is 224 g/mol. The molecule has 0 aromatic carbocycles. The van der Waals surface area contributed by atoms with Crippen LogP contribution in [-0.2, 0) is 11.8 Å². The standard InChI is InChI=1S/C9H16N6O/c1-15-9(12-13-14-15)11-7-6(10)5-3-2-4-16-8(5)7/h5-8H,2-4,10H2,1H3,(H,11,12,14). The molecule has 88 valence electrons. The molecule has 0 spiro atoms. The van der Waals surface area contributed by atoms with E-state index in [0.29, 0.717) is 11.9 Å². The number of rotatable bonds is 2. The fourth-order valence-corrected chi connectivity index (χ4v) is 2.63. The number of nitrogens with two attached hydrogens (primary N) is 1. The van der Waals surface area contributed by atoms with Crippen molar-refractivity contribution in [2.24, 2.45) is 18.7 Å². The molecule has 0 radical (unpaired) electrons. The Kier molecular flexibility index (Phi) is 2.29. The number of nitrogens with one attached hydrogen (secondary N) is 1. The Hall–Kier alpha value is -1.21. The van der Waals surface area contributed by atoms with Gasteiger partial charge in [-0.2, -0.15) is 0 Å². The van der Waals surface area contributed by atoms with Crippen molar-refractivity contribution in [2.75, 3.05) is 11.9 Å². The highest BCUT2D eigenvalue weighted by Gasteiger charge is 2.50. The Morgan fingerprint density at radius 3 is 3.19 bits per heavy atom. The highest BCUT2D eigenvalue weighted by molar-refractivity contribution is 5.29. The summed E-state index contributed by atoms with van der Waals surface area (Å²) in [7, 11) is 1.80. The minimum Gasteiger partial charge on any atom is -0.376 e. The molecule has 1 aliphatic heterocycles. The van der Waals surface area contributed by atoms with Crippen molar-refractivity contribution in [3.05, 3.63) is 0 Å². The third-order valence-corrected chi connectivity index (χ3v) is 3.59. The maximum absolute atomic E-state index is 6.12. The molecule has 3 rings (SSSR count). The highest BCUT2D eigenvalue weighted by atomic mass is 16.5. The van der Waals surface area contributed by atoms with Gasteiger partial charge in [0.05, 0.1) is 12.1 Å². The molecule has 1 saturated carbocycles. The first-order valence-corrected chi connectivity index (χ1v) is 5.63. The molecule has 2 heterocycles. The molecule has 7 nitrogen and oxygen atoms in total. The van der Waals surface area contributed by atoms with Crippen LogP contribution in [0.1, 0.15) is 12.8 Å². The molecule has 1 saturated heterocycles. The summed E-state index contributed by atoms with van der Waals surface area (Å²) >= 11 is 0. The first kappa shape index (κ1) is 9.98. The molecule has 2 aliphatic rings. The zero-order valence-corrected chi connectivity index (χ0v) is 9.21. The maximum atomic E-state index is 6.12. The third-order valence-electron chi connectivity index (χ3n) is 3.59. The Morgan fingerprint density at radius 2 is 2.44 bits per heavy atom. The Bertz CT molecular complexity index is 380. The summed E-state index contributed by atoms with van der Waals surface area (Å²) in [5.74, 6) is 1.14. The highest BCUT2D eigenvalue weighted by Crippen LogP contribution is 2.38. The molecule has 0 amide bonds. The van der Waals surface area contributed by atoms with Crippen molar-refractivity contribution in [2.45, 2.75) is 31.0 Å². The van der Waals surface area contributed by atoms with Gasteiger partial charge in [-0.1, -0.05) is 5.10 Å². The topological polar surface area (TPSA) is 90.9 Å². The van der Waals surface area contributed by atoms with Gasteiger partial charge in [0.2, 0.25) is 5.95 Å². The summed E-state index contributed by atoms with van der Waals surface area (Å²) in [6, 6.07) is 0.275. The second kappa shape index (κ2) is 3.67. The lowest BCUT2D eigenvalue weighted by Crippen LogP contribution is -2.69. The number of fused-ring (bicyclic) bond motifs is 1. The van der Waals surface area contributed by atoms with E-state index < -0.39 is 0 Å². The van der Waals surface area contributed by atoms with E-state index in [1.165, 1.54) is 6.42 Å². The third kappa shape index (κ3) is 1.39. The Labute approximate surface area is 93.3 Å². The zero-order valence-electron chi connectivity index (χ0n) is 9.21.